The minimum Gasteiger partial charge on any atom is -0.508 e. The maximum atomic E-state index is 13.7. The predicted molar refractivity (Wildman–Crippen MR) is 182 cm³/mol. The van der Waals surface area contributed by atoms with Gasteiger partial charge in [0.15, 0.2) is 0 Å². The summed E-state index contributed by atoms with van der Waals surface area (Å²) in [5, 5.41) is 29.2. The molecule has 10 N–H and O–H groups in total. The second kappa shape index (κ2) is 19.9. The summed E-state index contributed by atoms with van der Waals surface area (Å²) in [6.07, 6.45) is 1.54. The number of carboxylic acid groups (broad SMARTS) is 1. The van der Waals surface area contributed by atoms with E-state index in [1.165, 1.54) is 23.9 Å². The number of benzene rings is 2. The van der Waals surface area contributed by atoms with Crippen LogP contribution < -0.4 is 32.7 Å². The number of rotatable bonds is 20. The number of phenols is 1. The van der Waals surface area contributed by atoms with Crippen LogP contribution in [-0.2, 0) is 41.6 Å². The standard InChI is InChI=1S/C33H46N6O8S/c1-19(2)15-25(29(35)43)37-31(45)24(13-14-48-3)36-32(46)26(17-20-7-5-4-6-8-20)39-33(47)27(18-28(41)42)38-30(44)23(34)16-21-9-11-22(40)12-10-21/h4-12,19,23-27,40H,13-18,34H2,1-3H3,(H2,35,43)(H,36,46)(H,37,45)(H,38,44)(H,39,47)(H,41,42)/t23-,24-,25-,26-,27-/m0/s1. The fourth-order valence-electron chi connectivity index (χ4n) is 4.74. The third kappa shape index (κ3) is 14.0. The number of carbonyl (C=O) groups excluding carboxylic acids is 5. The second-order valence-electron chi connectivity index (χ2n) is 11.8. The molecule has 2 rings (SSSR count). The molecule has 15 heteroatoms. The number of carboxylic acids is 1. The first kappa shape index (κ1) is 39.5. The van der Waals surface area contributed by atoms with Crippen molar-refractivity contribution in [3.05, 3.63) is 65.7 Å². The number of amides is 5. The Morgan fingerprint density at radius 1 is 0.729 bits per heavy atom. The first-order valence-corrected chi connectivity index (χ1v) is 16.9. The lowest BCUT2D eigenvalue weighted by Crippen LogP contribution is -2.59. The Hall–Kier alpha value is -4.63. The molecular formula is C33H46N6O8S. The Morgan fingerprint density at radius 3 is 1.81 bits per heavy atom. The predicted octanol–water partition coefficient (Wildman–Crippen LogP) is 0.203. The second-order valence-corrected chi connectivity index (χ2v) is 12.8. The Labute approximate surface area is 284 Å². The number of aromatic hydroxyl groups is 1. The molecule has 5 atom stereocenters. The van der Waals surface area contributed by atoms with Crippen molar-refractivity contribution < 1.29 is 39.0 Å². The highest BCUT2D eigenvalue weighted by atomic mass is 32.2. The van der Waals surface area contributed by atoms with Gasteiger partial charge >= 0.3 is 5.97 Å². The van der Waals surface area contributed by atoms with Crippen LogP contribution >= 0.6 is 11.8 Å². The SMILES string of the molecule is CSCC[C@H](NC(=O)[C@H](Cc1ccccc1)NC(=O)[C@H](CC(=O)O)NC(=O)[C@@H](N)Cc1ccc(O)cc1)C(=O)N[C@@H](CC(C)C)C(N)=O. The van der Waals surface area contributed by atoms with E-state index in [2.05, 4.69) is 21.3 Å². The third-order valence-corrected chi connectivity index (χ3v) is 7.91. The first-order valence-electron chi connectivity index (χ1n) is 15.5. The van der Waals surface area contributed by atoms with Gasteiger partial charge in [0.2, 0.25) is 29.5 Å². The van der Waals surface area contributed by atoms with Crippen molar-refractivity contribution in [2.24, 2.45) is 17.4 Å². The van der Waals surface area contributed by atoms with Gasteiger partial charge in [-0.15, -0.1) is 0 Å². The summed E-state index contributed by atoms with van der Waals surface area (Å²) in [4.78, 5) is 77.1. The number of hydrogen-bond donors (Lipinski definition) is 8. The van der Waals surface area contributed by atoms with E-state index in [0.29, 0.717) is 23.3 Å². The number of primary amides is 1. The number of thioether (sulfide) groups is 1. The number of phenolic OH excluding ortho intramolecular Hbond substituents is 1. The van der Waals surface area contributed by atoms with Gasteiger partial charge in [-0.1, -0.05) is 56.3 Å². The van der Waals surface area contributed by atoms with Crippen molar-refractivity contribution in [3.63, 3.8) is 0 Å². The van der Waals surface area contributed by atoms with Crippen molar-refractivity contribution in [2.45, 2.75) is 76.2 Å². The van der Waals surface area contributed by atoms with Gasteiger partial charge in [-0.3, -0.25) is 28.8 Å². The van der Waals surface area contributed by atoms with Gasteiger partial charge < -0.3 is 42.9 Å². The van der Waals surface area contributed by atoms with Crippen LogP contribution in [0.15, 0.2) is 54.6 Å². The van der Waals surface area contributed by atoms with E-state index in [4.69, 9.17) is 11.5 Å². The average molecular weight is 687 g/mol. The van der Waals surface area contributed by atoms with E-state index in [-0.39, 0.29) is 30.9 Å². The molecule has 0 aliphatic carbocycles. The van der Waals surface area contributed by atoms with E-state index in [1.54, 1.807) is 42.5 Å². The molecule has 48 heavy (non-hydrogen) atoms. The third-order valence-electron chi connectivity index (χ3n) is 7.27. The van der Waals surface area contributed by atoms with Gasteiger partial charge in [0.25, 0.3) is 0 Å². The lowest BCUT2D eigenvalue weighted by molar-refractivity contribution is -0.141. The normalized spacial score (nSPS) is 14.1. The van der Waals surface area contributed by atoms with Crippen LogP contribution in [0.1, 0.15) is 44.2 Å². The van der Waals surface area contributed by atoms with Crippen LogP contribution in [0.3, 0.4) is 0 Å². The fourth-order valence-corrected chi connectivity index (χ4v) is 5.21. The molecule has 0 spiro atoms. The van der Waals surface area contributed by atoms with E-state index < -0.39 is 72.1 Å². The monoisotopic (exact) mass is 686 g/mol. The lowest BCUT2D eigenvalue weighted by Gasteiger charge is -2.26. The molecule has 0 unspecified atom stereocenters. The highest BCUT2D eigenvalue weighted by Gasteiger charge is 2.32. The molecule has 0 aliphatic heterocycles. The van der Waals surface area contributed by atoms with Gasteiger partial charge in [0.1, 0.15) is 29.9 Å². The van der Waals surface area contributed by atoms with Crippen molar-refractivity contribution in [1.29, 1.82) is 0 Å². The zero-order chi connectivity index (χ0) is 35.8. The summed E-state index contributed by atoms with van der Waals surface area (Å²) in [6.45, 7) is 3.74. The largest absolute Gasteiger partial charge is 0.508 e. The lowest BCUT2D eigenvalue weighted by atomic mass is 10.0. The molecule has 5 amide bonds. The highest BCUT2D eigenvalue weighted by Crippen LogP contribution is 2.12. The van der Waals surface area contributed by atoms with Crippen LogP contribution in [0.5, 0.6) is 5.75 Å². The van der Waals surface area contributed by atoms with Gasteiger partial charge in [0.05, 0.1) is 12.5 Å². The fraction of sp³-hybridized carbons (Fsp3) is 0.455. The molecule has 2 aromatic rings. The van der Waals surface area contributed by atoms with Gasteiger partial charge in [-0.2, -0.15) is 11.8 Å². The summed E-state index contributed by atoms with van der Waals surface area (Å²) in [5.74, 6) is -4.64. The maximum absolute atomic E-state index is 13.7. The molecular weight excluding hydrogens is 640 g/mol. The van der Waals surface area contributed by atoms with Crippen LogP contribution in [0.25, 0.3) is 0 Å². The zero-order valence-electron chi connectivity index (χ0n) is 27.3. The smallest absolute Gasteiger partial charge is 0.305 e. The summed E-state index contributed by atoms with van der Waals surface area (Å²) in [7, 11) is 0. The number of nitrogens with two attached hydrogens (primary N) is 2. The Balaban J connectivity index is 2.28. The van der Waals surface area contributed by atoms with Crippen molar-refractivity contribution in [1.82, 2.24) is 21.3 Å². The molecule has 2 aromatic carbocycles. The number of hydrogen-bond acceptors (Lipinski definition) is 9. The highest BCUT2D eigenvalue weighted by molar-refractivity contribution is 7.98. The summed E-state index contributed by atoms with van der Waals surface area (Å²) in [6, 6.07) is 8.64. The van der Waals surface area contributed by atoms with Crippen molar-refractivity contribution >= 4 is 47.3 Å². The zero-order valence-corrected chi connectivity index (χ0v) is 28.1. The van der Waals surface area contributed by atoms with E-state index in [9.17, 15) is 39.0 Å². The Morgan fingerprint density at radius 2 is 1.25 bits per heavy atom. The van der Waals surface area contributed by atoms with Gasteiger partial charge in [-0.05, 0) is 60.4 Å². The number of nitrogens with one attached hydrogen (secondary N) is 4. The number of carbonyl (C=O) groups is 6. The minimum absolute atomic E-state index is 0.0271. The number of aliphatic carboxylic acids is 1. The molecule has 0 aliphatic rings. The van der Waals surface area contributed by atoms with Crippen LogP contribution in [-0.4, -0.2) is 87.9 Å². The minimum atomic E-state index is -1.59. The average Bonchev–Trinajstić information content (AvgIpc) is 3.02. The topological polar surface area (TPSA) is 243 Å². The quantitative estimate of drug-likeness (QED) is 0.0941. The van der Waals surface area contributed by atoms with Crippen LogP contribution in [0.4, 0.5) is 0 Å². The molecule has 262 valence electrons. The molecule has 0 saturated carbocycles. The van der Waals surface area contributed by atoms with Crippen molar-refractivity contribution in [2.75, 3.05) is 12.0 Å². The van der Waals surface area contributed by atoms with Gasteiger partial charge in [-0.25, -0.2) is 0 Å². The molecule has 0 fully saturated rings. The first-order chi connectivity index (χ1) is 22.7. The molecule has 0 saturated heterocycles. The molecule has 0 radical (unpaired) electrons. The van der Waals surface area contributed by atoms with Crippen molar-refractivity contribution in [3.8, 4) is 5.75 Å². The molecule has 0 heterocycles. The van der Waals surface area contributed by atoms with E-state index >= 15 is 0 Å². The van der Waals surface area contributed by atoms with E-state index in [1.807, 2.05) is 20.1 Å². The Bertz CT molecular complexity index is 1390. The molecule has 14 nitrogen and oxygen atoms in total. The summed E-state index contributed by atoms with van der Waals surface area (Å²) in [5.41, 5.74) is 12.8. The van der Waals surface area contributed by atoms with Gasteiger partial charge in [0, 0.05) is 6.42 Å². The summed E-state index contributed by atoms with van der Waals surface area (Å²) >= 11 is 1.44. The molecule has 0 aromatic heterocycles. The molecule has 0 bridgehead atoms. The van der Waals surface area contributed by atoms with Crippen LogP contribution in [0.2, 0.25) is 0 Å². The maximum Gasteiger partial charge on any atom is 0.305 e. The Kier molecular flexibility index (Phi) is 16.4. The van der Waals surface area contributed by atoms with Crippen LogP contribution in [0, 0.1) is 5.92 Å². The van der Waals surface area contributed by atoms with E-state index in [0.717, 1.165) is 0 Å². The summed E-state index contributed by atoms with van der Waals surface area (Å²) < 4.78 is 0.